The van der Waals surface area contributed by atoms with Gasteiger partial charge in [0.1, 0.15) is 5.69 Å². The topological polar surface area (TPSA) is 68.9 Å². The molecule has 0 aliphatic carbocycles. The normalized spacial score (nSPS) is 10.6. The molecule has 0 atom stereocenters. The van der Waals surface area contributed by atoms with Crippen LogP contribution in [0, 0.1) is 0 Å². The van der Waals surface area contributed by atoms with Crippen molar-refractivity contribution in [3.63, 3.8) is 0 Å². The number of hydrogen-bond acceptors (Lipinski definition) is 3. The van der Waals surface area contributed by atoms with Crippen LogP contribution in [0.25, 0.3) is 0 Å². The maximum absolute atomic E-state index is 11.3. The third-order valence-corrected chi connectivity index (χ3v) is 3.18. The van der Waals surface area contributed by atoms with E-state index in [1.165, 1.54) is 12.8 Å². The molecule has 0 aliphatic rings. The van der Waals surface area contributed by atoms with Crippen molar-refractivity contribution in [2.24, 2.45) is 5.73 Å². The summed E-state index contributed by atoms with van der Waals surface area (Å²) in [6, 6.07) is 0. The lowest BCUT2D eigenvalue weighted by Crippen LogP contribution is -2.18. The van der Waals surface area contributed by atoms with Gasteiger partial charge in [-0.3, -0.25) is 9.78 Å². The van der Waals surface area contributed by atoms with E-state index in [9.17, 15) is 4.79 Å². The number of amides is 1. The van der Waals surface area contributed by atoms with E-state index in [1.54, 1.807) is 6.20 Å². The standard InChI is InChI=1S/C15H25N3O/c1-3-5-7-9-12-11-17-14(15(16)19)13(18-12)10-8-6-4-2/h11H,3-10H2,1-2H3,(H2,16,19). The average Bonchev–Trinajstić information content (AvgIpc) is 2.39. The number of carbonyl (C=O) groups is 1. The Kier molecular flexibility index (Phi) is 7.08. The molecular weight excluding hydrogens is 238 g/mol. The van der Waals surface area contributed by atoms with Crippen LogP contribution < -0.4 is 5.73 Å². The summed E-state index contributed by atoms with van der Waals surface area (Å²) in [5.74, 6) is -0.473. The molecular formula is C15H25N3O. The summed E-state index contributed by atoms with van der Waals surface area (Å²) in [6.07, 6.45) is 10.2. The van der Waals surface area contributed by atoms with E-state index in [-0.39, 0.29) is 0 Å². The monoisotopic (exact) mass is 263 g/mol. The number of aryl methyl sites for hydroxylation is 2. The van der Waals surface area contributed by atoms with Gasteiger partial charge in [0.2, 0.25) is 0 Å². The molecule has 0 saturated carbocycles. The Labute approximate surface area is 115 Å². The fraction of sp³-hybridized carbons (Fsp3) is 0.667. The molecule has 19 heavy (non-hydrogen) atoms. The van der Waals surface area contributed by atoms with Crippen molar-refractivity contribution < 1.29 is 4.79 Å². The van der Waals surface area contributed by atoms with Gasteiger partial charge in [0.15, 0.2) is 0 Å². The van der Waals surface area contributed by atoms with Gasteiger partial charge in [0.25, 0.3) is 5.91 Å². The van der Waals surface area contributed by atoms with Crippen LogP contribution in [0.2, 0.25) is 0 Å². The summed E-state index contributed by atoms with van der Waals surface area (Å²) < 4.78 is 0. The molecule has 4 heteroatoms. The van der Waals surface area contributed by atoms with Crippen LogP contribution in [-0.4, -0.2) is 15.9 Å². The van der Waals surface area contributed by atoms with Gasteiger partial charge in [0.05, 0.1) is 11.4 Å². The first-order chi connectivity index (χ1) is 9.19. The van der Waals surface area contributed by atoms with Gasteiger partial charge in [-0.25, -0.2) is 4.98 Å². The lowest BCUT2D eigenvalue weighted by Gasteiger charge is -2.07. The second kappa shape index (κ2) is 8.62. The Morgan fingerprint density at radius 3 is 2.32 bits per heavy atom. The van der Waals surface area contributed by atoms with Crippen molar-refractivity contribution >= 4 is 5.91 Å². The molecule has 0 spiro atoms. The average molecular weight is 263 g/mol. The highest BCUT2D eigenvalue weighted by atomic mass is 16.1. The molecule has 0 unspecified atom stereocenters. The minimum absolute atomic E-state index is 0.343. The lowest BCUT2D eigenvalue weighted by molar-refractivity contribution is 0.0994. The minimum Gasteiger partial charge on any atom is -0.364 e. The molecule has 4 nitrogen and oxygen atoms in total. The highest BCUT2D eigenvalue weighted by Gasteiger charge is 2.12. The number of primary amides is 1. The fourth-order valence-corrected chi connectivity index (χ4v) is 2.07. The van der Waals surface area contributed by atoms with Crippen LogP contribution in [0.1, 0.15) is 74.2 Å². The first-order valence-corrected chi connectivity index (χ1v) is 7.33. The SMILES string of the molecule is CCCCCc1cnc(C(N)=O)c(CCCCC)n1. The molecule has 0 fully saturated rings. The molecule has 106 valence electrons. The molecule has 0 aromatic carbocycles. The first kappa shape index (κ1) is 15.6. The molecule has 0 saturated heterocycles. The highest BCUT2D eigenvalue weighted by molar-refractivity contribution is 5.91. The first-order valence-electron chi connectivity index (χ1n) is 7.33. The van der Waals surface area contributed by atoms with Gasteiger partial charge in [-0.1, -0.05) is 39.5 Å². The molecule has 1 aromatic rings. The lowest BCUT2D eigenvalue weighted by atomic mass is 10.1. The molecule has 0 radical (unpaired) electrons. The smallest absolute Gasteiger partial charge is 0.269 e. The van der Waals surface area contributed by atoms with E-state index in [4.69, 9.17) is 5.73 Å². The predicted molar refractivity (Wildman–Crippen MR) is 77.0 cm³/mol. The predicted octanol–water partition coefficient (Wildman–Crippen LogP) is 3.04. The van der Waals surface area contributed by atoms with Gasteiger partial charge in [-0.2, -0.15) is 0 Å². The Hall–Kier alpha value is -1.45. The quantitative estimate of drug-likeness (QED) is 0.696. The number of nitrogens with two attached hydrogens (primary N) is 1. The number of hydrogen-bond donors (Lipinski definition) is 1. The van der Waals surface area contributed by atoms with Gasteiger partial charge in [0, 0.05) is 6.20 Å². The van der Waals surface area contributed by atoms with Gasteiger partial charge >= 0.3 is 0 Å². The van der Waals surface area contributed by atoms with E-state index >= 15 is 0 Å². The number of unbranched alkanes of at least 4 members (excludes halogenated alkanes) is 4. The Bertz CT molecular complexity index is 404. The Morgan fingerprint density at radius 1 is 1.11 bits per heavy atom. The molecule has 1 amide bonds. The van der Waals surface area contributed by atoms with Gasteiger partial charge < -0.3 is 5.73 Å². The van der Waals surface area contributed by atoms with Crippen LogP contribution in [0.5, 0.6) is 0 Å². The summed E-state index contributed by atoms with van der Waals surface area (Å²) in [7, 11) is 0. The van der Waals surface area contributed by atoms with Crippen molar-refractivity contribution in [1.29, 1.82) is 0 Å². The van der Waals surface area contributed by atoms with Crippen molar-refractivity contribution in [1.82, 2.24) is 9.97 Å². The summed E-state index contributed by atoms with van der Waals surface area (Å²) in [5, 5.41) is 0. The number of carbonyl (C=O) groups excluding carboxylic acids is 1. The van der Waals surface area contributed by atoms with Crippen molar-refractivity contribution in [2.45, 2.75) is 65.2 Å². The van der Waals surface area contributed by atoms with E-state index < -0.39 is 5.91 Å². The maximum atomic E-state index is 11.3. The third kappa shape index (κ3) is 5.37. The van der Waals surface area contributed by atoms with Crippen LogP contribution in [0.15, 0.2) is 6.20 Å². The summed E-state index contributed by atoms with van der Waals surface area (Å²) in [5.41, 5.74) is 7.44. The molecule has 2 N–H and O–H groups in total. The zero-order chi connectivity index (χ0) is 14.1. The molecule has 0 bridgehead atoms. The summed E-state index contributed by atoms with van der Waals surface area (Å²) in [6.45, 7) is 4.33. The molecule has 1 heterocycles. The minimum atomic E-state index is -0.473. The number of aromatic nitrogens is 2. The second-order valence-electron chi connectivity index (χ2n) is 4.94. The summed E-state index contributed by atoms with van der Waals surface area (Å²) >= 11 is 0. The van der Waals surface area contributed by atoms with Crippen LogP contribution >= 0.6 is 0 Å². The largest absolute Gasteiger partial charge is 0.364 e. The van der Waals surface area contributed by atoms with Gasteiger partial charge in [-0.15, -0.1) is 0 Å². The van der Waals surface area contributed by atoms with E-state index in [0.29, 0.717) is 5.69 Å². The van der Waals surface area contributed by atoms with Crippen molar-refractivity contribution in [3.05, 3.63) is 23.3 Å². The fourth-order valence-electron chi connectivity index (χ4n) is 2.07. The van der Waals surface area contributed by atoms with Crippen molar-refractivity contribution in [2.75, 3.05) is 0 Å². The van der Waals surface area contributed by atoms with Crippen LogP contribution in [0.3, 0.4) is 0 Å². The zero-order valence-electron chi connectivity index (χ0n) is 12.1. The number of rotatable bonds is 9. The number of nitrogens with zero attached hydrogens (tertiary/aromatic N) is 2. The maximum Gasteiger partial charge on any atom is 0.269 e. The Balaban J connectivity index is 2.75. The van der Waals surface area contributed by atoms with E-state index in [1.807, 2.05) is 0 Å². The molecule has 1 aromatic heterocycles. The second-order valence-corrected chi connectivity index (χ2v) is 4.94. The third-order valence-electron chi connectivity index (χ3n) is 3.18. The van der Waals surface area contributed by atoms with Crippen LogP contribution in [-0.2, 0) is 12.8 Å². The highest BCUT2D eigenvalue weighted by Crippen LogP contribution is 2.11. The van der Waals surface area contributed by atoms with E-state index in [2.05, 4.69) is 23.8 Å². The summed E-state index contributed by atoms with van der Waals surface area (Å²) in [4.78, 5) is 20.1. The molecule has 1 rings (SSSR count). The Morgan fingerprint density at radius 2 is 1.74 bits per heavy atom. The van der Waals surface area contributed by atoms with Crippen LogP contribution in [0.4, 0.5) is 0 Å². The molecule has 0 aliphatic heterocycles. The van der Waals surface area contributed by atoms with E-state index in [0.717, 1.165) is 49.9 Å². The van der Waals surface area contributed by atoms with Crippen molar-refractivity contribution in [3.8, 4) is 0 Å². The van der Waals surface area contributed by atoms with Gasteiger partial charge in [-0.05, 0) is 25.7 Å². The zero-order valence-corrected chi connectivity index (χ0v) is 12.1.